The first kappa shape index (κ1) is 31.5. The Kier molecular flexibility index (Phi) is 10.0. The Morgan fingerprint density at radius 2 is 1.67 bits per heavy atom. The molecule has 226 valence electrons. The molecule has 1 amide bonds. The molecule has 2 atom stereocenters. The minimum absolute atomic E-state index is 0.123. The zero-order chi connectivity index (χ0) is 31.1. The number of benzene rings is 3. The smallest absolute Gasteiger partial charge is 0.326 e. The second-order valence-corrected chi connectivity index (χ2v) is 12.5. The number of nitrogens with zero attached hydrogens (tertiary/aromatic N) is 1. The van der Waals surface area contributed by atoms with Crippen LogP contribution in [-0.2, 0) is 26.0 Å². The number of carbonyl (C=O) groups excluding carboxylic acids is 1. The molecule has 0 aliphatic rings. The van der Waals surface area contributed by atoms with E-state index in [0.717, 1.165) is 23.3 Å². The van der Waals surface area contributed by atoms with Gasteiger partial charge in [0.1, 0.15) is 33.3 Å². The van der Waals surface area contributed by atoms with E-state index in [1.165, 1.54) is 42.5 Å². The Morgan fingerprint density at radius 3 is 2.26 bits per heavy atom. The maximum atomic E-state index is 13.7. The molecule has 3 N–H and O–H groups in total. The number of aromatic nitrogens is 2. The molecule has 0 fully saturated rings. The van der Waals surface area contributed by atoms with Crippen LogP contribution in [0.2, 0.25) is 0 Å². The zero-order valence-corrected chi connectivity index (χ0v) is 24.3. The van der Waals surface area contributed by atoms with Gasteiger partial charge in [-0.2, -0.15) is 0 Å². The van der Waals surface area contributed by atoms with Crippen molar-refractivity contribution in [3.05, 3.63) is 113 Å². The van der Waals surface area contributed by atoms with Gasteiger partial charge in [-0.05, 0) is 72.0 Å². The van der Waals surface area contributed by atoms with E-state index in [1.54, 1.807) is 30.5 Å². The van der Waals surface area contributed by atoms with Gasteiger partial charge in [0.15, 0.2) is 0 Å². The van der Waals surface area contributed by atoms with Gasteiger partial charge in [0, 0.05) is 29.6 Å². The second kappa shape index (κ2) is 13.7. The number of H-pyrrole nitrogens is 1. The van der Waals surface area contributed by atoms with Crippen LogP contribution in [0.15, 0.2) is 72.9 Å². The fourth-order valence-corrected chi connectivity index (χ4v) is 5.21. The number of amides is 1. The number of aryl methyl sites for hydroxylation is 1. The van der Waals surface area contributed by atoms with E-state index in [4.69, 9.17) is 4.74 Å². The highest BCUT2D eigenvalue weighted by atomic mass is 32.2. The van der Waals surface area contributed by atoms with Crippen molar-refractivity contribution in [3.8, 4) is 11.1 Å². The molecule has 0 aliphatic carbocycles. The molecule has 0 aliphatic heterocycles. The summed E-state index contributed by atoms with van der Waals surface area (Å²) in [5, 5.41) is 12.0. The highest BCUT2D eigenvalue weighted by molar-refractivity contribution is 7.90. The van der Waals surface area contributed by atoms with Gasteiger partial charge in [-0.15, -0.1) is 0 Å². The highest BCUT2D eigenvalue weighted by Gasteiger charge is 2.24. The third-order valence-corrected chi connectivity index (χ3v) is 7.77. The fourth-order valence-electron chi connectivity index (χ4n) is 4.54. The number of sulfone groups is 1. The quantitative estimate of drug-likeness (QED) is 0.200. The Balaban J connectivity index is 1.57. The number of carbonyl (C=O) groups is 2. The molecule has 9 nitrogen and oxygen atoms in total. The molecule has 4 rings (SSSR count). The SMILES string of the molecule is Cc1ncc(C(COCc2ccc(C(=O)N[C@@H](CCS(C)(=O)=O)C(=O)O)c(-c3ccc(F)cc3)c2)c2ccc(F)cc2)[nH]1. The van der Waals surface area contributed by atoms with Crippen molar-refractivity contribution in [2.75, 3.05) is 18.6 Å². The molecule has 0 saturated carbocycles. The number of halogens is 2. The minimum Gasteiger partial charge on any atom is -0.480 e. The normalized spacial score (nSPS) is 12.9. The van der Waals surface area contributed by atoms with E-state index in [9.17, 15) is 31.9 Å². The van der Waals surface area contributed by atoms with Crippen LogP contribution in [0.5, 0.6) is 0 Å². The average Bonchev–Trinajstić information content (AvgIpc) is 3.39. The van der Waals surface area contributed by atoms with E-state index in [-0.39, 0.29) is 36.9 Å². The molecule has 0 bridgehead atoms. The van der Waals surface area contributed by atoms with Crippen LogP contribution in [0.1, 0.15) is 45.3 Å². The van der Waals surface area contributed by atoms with Gasteiger partial charge in [0.05, 0.1) is 19.0 Å². The lowest BCUT2D eigenvalue weighted by Crippen LogP contribution is -2.42. The second-order valence-electron chi connectivity index (χ2n) is 10.2. The summed E-state index contributed by atoms with van der Waals surface area (Å²) in [7, 11) is -3.45. The van der Waals surface area contributed by atoms with Crippen LogP contribution >= 0.6 is 0 Å². The number of nitrogens with one attached hydrogen (secondary N) is 2. The van der Waals surface area contributed by atoms with Crippen molar-refractivity contribution in [2.45, 2.75) is 31.9 Å². The number of ether oxygens (including phenoxy) is 1. The maximum absolute atomic E-state index is 13.7. The molecule has 3 aromatic carbocycles. The van der Waals surface area contributed by atoms with Crippen LogP contribution in [-0.4, -0.2) is 60.0 Å². The molecule has 12 heteroatoms. The zero-order valence-electron chi connectivity index (χ0n) is 23.5. The van der Waals surface area contributed by atoms with Crippen LogP contribution in [0.4, 0.5) is 8.78 Å². The van der Waals surface area contributed by atoms with Crippen molar-refractivity contribution < 1.29 is 36.6 Å². The van der Waals surface area contributed by atoms with Crippen LogP contribution in [0.25, 0.3) is 11.1 Å². The Hall–Kier alpha value is -4.42. The lowest BCUT2D eigenvalue weighted by molar-refractivity contribution is -0.139. The topological polar surface area (TPSA) is 138 Å². The van der Waals surface area contributed by atoms with E-state index < -0.39 is 39.3 Å². The molecule has 1 unspecified atom stereocenters. The third-order valence-electron chi connectivity index (χ3n) is 6.79. The summed E-state index contributed by atoms with van der Waals surface area (Å²) < 4.78 is 56.4. The lowest BCUT2D eigenvalue weighted by atomic mass is 9.96. The first-order valence-electron chi connectivity index (χ1n) is 13.3. The van der Waals surface area contributed by atoms with Gasteiger partial charge in [0.25, 0.3) is 5.91 Å². The largest absolute Gasteiger partial charge is 0.480 e. The monoisotopic (exact) mass is 611 g/mol. The summed E-state index contributed by atoms with van der Waals surface area (Å²) in [5.41, 5.74) is 3.35. The number of hydrogen-bond donors (Lipinski definition) is 3. The van der Waals surface area contributed by atoms with Gasteiger partial charge < -0.3 is 20.1 Å². The predicted octanol–water partition coefficient (Wildman–Crippen LogP) is 4.63. The van der Waals surface area contributed by atoms with Gasteiger partial charge in [0.2, 0.25) is 0 Å². The summed E-state index contributed by atoms with van der Waals surface area (Å²) in [4.78, 5) is 32.4. The Labute approximate surface area is 247 Å². The van der Waals surface area contributed by atoms with Crippen molar-refractivity contribution in [1.82, 2.24) is 15.3 Å². The van der Waals surface area contributed by atoms with Crippen LogP contribution < -0.4 is 5.32 Å². The average molecular weight is 612 g/mol. The fraction of sp³-hybridized carbons (Fsp3) is 0.258. The number of carboxylic acids is 1. The van der Waals surface area contributed by atoms with Crippen molar-refractivity contribution in [1.29, 1.82) is 0 Å². The summed E-state index contributed by atoms with van der Waals surface area (Å²) in [6.45, 7) is 2.18. The van der Waals surface area contributed by atoms with E-state index in [0.29, 0.717) is 16.7 Å². The van der Waals surface area contributed by atoms with E-state index in [2.05, 4.69) is 15.3 Å². The molecule has 4 aromatic rings. The molecule has 1 aromatic heterocycles. The van der Waals surface area contributed by atoms with Crippen molar-refractivity contribution in [3.63, 3.8) is 0 Å². The molecular weight excluding hydrogens is 580 g/mol. The molecule has 0 saturated heterocycles. The number of carboxylic acid groups (broad SMARTS) is 1. The van der Waals surface area contributed by atoms with Crippen molar-refractivity contribution >= 4 is 21.7 Å². The summed E-state index contributed by atoms with van der Waals surface area (Å²) in [6.07, 6.45) is 2.38. The number of imidazole rings is 1. The van der Waals surface area contributed by atoms with Gasteiger partial charge >= 0.3 is 5.97 Å². The van der Waals surface area contributed by atoms with Gasteiger partial charge in [-0.1, -0.05) is 30.3 Å². The summed E-state index contributed by atoms with van der Waals surface area (Å²) in [6, 6.07) is 15.0. The number of aromatic amines is 1. The maximum Gasteiger partial charge on any atom is 0.326 e. The van der Waals surface area contributed by atoms with Gasteiger partial charge in [-0.3, -0.25) is 4.79 Å². The standard InChI is InChI=1S/C31H31F2N3O6S/c1-19-34-16-29(35-19)27(22-6-10-24(33)11-7-22)18-42-17-20-3-12-25(26(15-20)21-4-8-23(32)9-5-21)30(37)36-28(31(38)39)13-14-43(2,40)41/h3-12,15-16,27-28H,13-14,17-18H2,1-2H3,(H,34,35)(H,36,37)(H,38,39)/t27?,28-/m0/s1. The molecule has 1 heterocycles. The van der Waals surface area contributed by atoms with E-state index >= 15 is 0 Å². The molecule has 0 spiro atoms. The Morgan fingerprint density at radius 1 is 1.02 bits per heavy atom. The predicted molar refractivity (Wildman–Crippen MR) is 156 cm³/mol. The number of aliphatic carboxylic acids is 1. The molecule has 43 heavy (non-hydrogen) atoms. The Bertz CT molecular complexity index is 1690. The first-order valence-corrected chi connectivity index (χ1v) is 15.4. The molecule has 0 radical (unpaired) electrons. The minimum atomic E-state index is -3.45. The van der Waals surface area contributed by atoms with Gasteiger partial charge in [-0.25, -0.2) is 27.0 Å². The lowest BCUT2D eigenvalue weighted by Gasteiger charge is -2.18. The number of hydrogen-bond acceptors (Lipinski definition) is 6. The summed E-state index contributed by atoms with van der Waals surface area (Å²) in [5.74, 6) is -2.87. The van der Waals surface area contributed by atoms with Crippen LogP contribution in [0, 0.1) is 18.6 Å². The number of rotatable bonds is 13. The summed E-state index contributed by atoms with van der Waals surface area (Å²) >= 11 is 0. The van der Waals surface area contributed by atoms with E-state index in [1.807, 2.05) is 6.92 Å². The third kappa shape index (κ3) is 8.79. The van der Waals surface area contributed by atoms with Crippen molar-refractivity contribution in [2.24, 2.45) is 0 Å². The van der Waals surface area contributed by atoms with Crippen LogP contribution in [0.3, 0.4) is 0 Å². The molecular formula is C31H31F2N3O6S. The highest BCUT2D eigenvalue weighted by Crippen LogP contribution is 2.28. The first-order chi connectivity index (χ1) is 20.4.